The normalized spacial score (nSPS) is 13.1. The van der Waals surface area contributed by atoms with Gasteiger partial charge < -0.3 is 15.2 Å². The van der Waals surface area contributed by atoms with Crippen LogP contribution in [-0.4, -0.2) is 11.9 Å². The lowest BCUT2D eigenvalue weighted by Crippen LogP contribution is -2.34. The summed E-state index contributed by atoms with van der Waals surface area (Å²) in [4.78, 5) is 23.9. The third-order valence-electron chi connectivity index (χ3n) is 4.87. The van der Waals surface area contributed by atoms with Gasteiger partial charge in [0.25, 0.3) is 5.91 Å². The molecule has 0 aliphatic carbocycles. The van der Waals surface area contributed by atoms with Gasteiger partial charge in [-0.2, -0.15) is 0 Å². The molecule has 4 heteroatoms. The minimum Gasteiger partial charge on any atom is -0.550 e. The molecule has 28 heavy (non-hydrogen) atoms. The van der Waals surface area contributed by atoms with Crippen molar-refractivity contribution < 1.29 is 14.7 Å². The molecule has 0 spiro atoms. The second kappa shape index (κ2) is 8.17. The summed E-state index contributed by atoms with van der Waals surface area (Å²) in [6.07, 6.45) is -0.277. The number of benzene rings is 2. The van der Waals surface area contributed by atoms with Gasteiger partial charge in [0.1, 0.15) is 0 Å². The molecule has 150 valence electrons. The van der Waals surface area contributed by atoms with E-state index in [-0.39, 0.29) is 23.2 Å². The second-order valence-corrected chi connectivity index (χ2v) is 9.30. The lowest BCUT2D eigenvalue weighted by atomic mass is 9.86. The van der Waals surface area contributed by atoms with E-state index < -0.39 is 12.0 Å². The number of carbonyl (C=O) groups excluding carboxylic acids is 2. The van der Waals surface area contributed by atoms with Crippen LogP contribution in [0.1, 0.15) is 81.1 Å². The smallest absolute Gasteiger partial charge is 0.251 e. The molecule has 0 fully saturated rings. The van der Waals surface area contributed by atoms with Gasteiger partial charge in [0, 0.05) is 18.0 Å². The fraction of sp³-hybridized carbons (Fsp3) is 0.417. The average molecular weight is 381 g/mol. The van der Waals surface area contributed by atoms with Crippen LogP contribution in [0.2, 0.25) is 0 Å². The molecule has 0 saturated heterocycles. The molecule has 2 aromatic carbocycles. The maximum Gasteiger partial charge on any atom is 0.251 e. The molecule has 0 aromatic heterocycles. The first-order chi connectivity index (χ1) is 12.9. The molecule has 0 radical (unpaired) electrons. The Morgan fingerprint density at radius 3 is 1.64 bits per heavy atom. The highest BCUT2D eigenvalue weighted by Crippen LogP contribution is 2.26. The SMILES string of the molecule is CC(C)(C)c1ccc(C(=O)N[C@@H](CC(=O)[O-])c2ccc(C(C)(C)C)cc2)cc1. The number of rotatable bonds is 5. The van der Waals surface area contributed by atoms with Gasteiger partial charge in [-0.15, -0.1) is 0 Å². The van der Waals surface area contributed by atoms with Gasteiger partial charge in [-0.1, -0.05) is 77.9 Å². The summed E-state index contributed by atoms with van der Waals surface area (Å²) < 4.78 is 0. The standard InChI is InChI=1S/C24H31NO3/c1-23(2,3)18-11-7-16(8-12-18)20(15-21(26)27)25-22(28)17-9-13-19(14-10-17)24(4,5)6/h7-14,20H,15H2,1-6H3,(H,25,28)(H,26,27)/p-1/t20-/m0/s1. The molecule has 0 unspecified atom stereocenters. The highest BCUT2D eigenvalue weighted by molar-refractivity contribution is 5.94. The van der Waals surface area contributed by atoms with Gasteiger partial charge in [0.2, 0.25) is 0 Å². The Morgan fingerprint density at radius 2 is 1.25 bits per heavy atom. The van der Waals surface area contributed by atoms with Crippen LogP contribution in [0.25, 0.3) is 0 Å². The third kappa shape index (κ3) is 5.69. The van der Waals surface area contributed by atoms with Crippen LogP contribution in [0.3, 0.4) is 0 Å². The highest BCUT2D eigenvalue weighted by Gasteiger charge is 2.19. The van der Waals surface area contributed by atoms with E-state index in [9.17, 15) is 14.7 Å². The Balaban J connectivity index is 2.22. The van der Waals surface area contributed by atoms with E-state index in [0.29, 0.717) is 5.56 Å². The number of carboxylic acid groups (broad SMARTS) is 1. The minimum atomic E-state index is -1.20. The third-order valence-corrected chi connectivity index (χ3v) is 4.87. The van der Waals surface area contributed by atoms with Crippen molar-refractivity contribution in [3.63, 3.8) is 0 Å². The molecule has 1 N–H and O–H groups in total. The van der Waals surface area contributed by atoms with Crippen LogP contribution >= 0.6 is 0 Å². The molecule has 1 amide bonds. The Morgan fingerprint density at radius 1 is 0.821 bits per heavy atom. The average Bonchev–Trinajstić information content (AvgIpc) is 2.59. The van der Waals surface area contributed by atoms with Gasteiger partial charge in [0.05, 0.1) is 6.04 Å². The number of hydrogen-bond donors (Lipinski definition) is 1. The zero-order chi connectivity index (χ0) is 21.1. The van der Waals surface area contributed by atoms with Crippen molar-refractivity contribution in [2.45, 2.75) is 64.8 Å². The van der Waals surface area contributed by atoms with Gasteiger partial charge in [-0.25, -0.2) is 0 Å². The molecular weight excluding hydrogens is 350 g/mol. The number of carboxylic acids is 1. The van der Waals surface area contributed by atoms with Crippen LogP contribution in [0.15, 0.2) is 48.5 Å². The number of amides is 1. The monoisotopic (exact) mass is 380 g/mol. The molecule has 2 aromatic rings. The zero-order valence-corrected chi connectivity index (χ0v) is 17.6. The molecular formula is C24H30NO3-. The number of carbonyl (C=O) groups is 2. The lowest BCUT2D eigenvalue weighted by Gasteiger charge is -2.23. The van der Waals surface area contributed by atoms with Crippen molar-refractivity contribution in [3.8, 4) is 0 Å². The molecule has 2 rings (SSSR count). The Hall–Kier alpha value is -2.62. The predicted molar refractivity (Wildman–Crippen MR) is 110 cm³/mol. The predicted octanol–water partition coefficient (Wildman–Crippen LogP) is 3.89. The molecule has 0 saturated carbocycles. The van der Waals surface area contributed by atoms with E-state index in [1.807, 2.05) is 36.4 Å². The summed E-state index contributed by atoms with van der Waals surface area (Å²) in [5.41, 5.74) is 3.53. The van der Waals surface area contributed by atoms with E-state index in [0.717, 1.165) is 16.7 Å². The van der Waals surface area contributed by atoms with Crippen LogP contribution in [0.4, 0.5) is 0 Å². The fourth-order valence-electron chi connectivity index (χ4n) is 3.00. The Kier molecular flexibility index (Phi) is 6.33. The van der Waals surface area contributed by atoms with Crippen LogP contribution < -0.4 is 10.4 Å². The topological polar surface area (TPSA) is 69.2 Å². The van der Waals surface area contributed by atoms with E-state index in [2.05, 4.69) is 46.9 Å². The molecule has 4 nitrogen and oxygen atoms in total. The van der Waals surface area contributed by atoms with Crippen molar-refractivity contribution in [1.29, 1.82) is 0 Å². The maximum absolute atomic E-state index is 12.7. The van der Waals surface area contributed by atoms with E-state index in [1.165, 1.54) is 0 Å². The van der Waals surface area contributed by atoms with Crippen molar-refractivity contribution >= 4 is 11.9 Å². The molecule has 1 atom stereocenters. The summed E-state index contributed by atoms with van der Waals surface area (Å²) >= 11 is 0. The summed E-state index contributed by atoms with van der Waals surface area (Å²) in [6, 6.07) is 14.5. The molecule has 0 heterocycles. The van der Waals surface area contributed by atoms with Crippen LogP contribution in [-0.2, 0) is 15.6 Å². The molecule has 0 aliphatic heterocycles. The number of aliphatic carboxylic acids is 1. The lowest BCUT2D eigenvalue weighted by molar-refractivity contribution is -0.306. The Bertz CT molecular complexity index is 822. The first-order valence-electron chi connectivity index (χ1n) is 9.59. The highest BCUT2D eigenvalue weighted by atomic mass is 16.4. The number of hydrogen-bond acceptors (Lipinski definition) is 3. The van der Waals surface area contributed by atoms with Crippen molar-refractivity contribution in [1.82, 2.24) is 5.32 Å². The molecule has 0 aliphatic rings. The first-order valence-corrected chi connectivity index (χ1v) is 9.59. The van der Waals surface area contributed by atoms with Crippen LogP contribution in [0.5, 0.6) is 0 Å². The summed E-state index contributed by atoms with van der Waals surface area (Å²) in [5, 5.41) is 14.1. The largest absolute Gasteiger partial charge is 0.550 e. The van der Waals surface area contributed by atoms with Crippen molar-refractivity contribution in [2.24, 2.45) is 0 Å². The van der Waals surface area contributed by atoms with Crippen molar-refractivity contribution in [2.75, 3.05) is 0 Å². The Labute approximate surface area is 168 Å². The van der Waals surface area contributed by atoms with Gasteiger partial charge in [0.15, 0.2) is 0 Å². The minimum absolute atomic E-state index is 0.000425. The number of nitrogens with one attached hydrogen (secondary N) is 1. The molecule has 0 bridgehead atoms. The first kappa shape index (κ1) is 21.7. The van der Waals surface area contributed by atoms with Gasteiger partial charge >= 0.3 is 0 Å². The van der Waals surface area contributed by atoms with E-state index in [4.69, 9.17) is 0 Å². The second-order valence-electron chi connectivity index (χ2n) is 9.30. The van der Waals surface area contributed by atoms with E-state index >= 15 is 0 Å². The van der Waals surface area contributed by atoms with Crippen molar-refractivity contribution in [3.05, 3.63) is 70.8 Å². The van der Waals surface area contributed by atoms with Gasteiger partial charge in [-0.3, -0.25) is 4.79 Å². The summed E-state index contributed by atoms with van der Waals surface area (Å²) in [5.74, 6) is -1.50. The summed E-state index contributed by atoms with van der Waals surface area (Å²) in [7, 11) is 0. The fourth-order valence-corrected chi connectivity index (χ4v) is 3.00. The van der Waals surface area contributed by atoms with Gasteiger partial charge in [-0.05, 0) is 39.7 Å². The van der Waals surface area contributed by atoms with Crippen LogP contribution in [0, 0.1) is 0 Å². The maximum atomic E-state index is 12.7. The zero-order valence-electron chi connectivity index (χ0n) is 17.6. The summed E-state index contributed by atoms with van der Waals surface area (Å²) in [6.45, 7) is 12.7. The quantitative estimate of drug-likeness (QED) is 0.855. The van der Waals surface area contributed by atoms with E-state index in [1.54, 1.807) is 12.1 Å².